The van der Waals surface area contributed by atoms with Crippen LogP contribution in [0.5, 0.6) is 0 Å². The second-order valence-corrected chi connectivity index (χ2v) is 5.87. The van der Waals surface area contributed by atoms with E-state index in [0.29, 0.717) is 33.3 Å². The van der Waals surface area contributed by atoms with Crippen molar-refractivity contribution in [2.24, 2.45) is 0 Å². The zero-order chi connectivity index (χ0) is 17.4. The van der Waals surface area contributed by atoms with Crippen LogP contribution < -0.4 is 10.9 Å². The van der Waals surface area contributed by atoms with E-state index in [2.05, 4.69) is 10.9 Å². The molecule has 2 heterocycles. The van der Waals surface area contributed by atoms with E-state index in [9.17, 15) is 9.59 Å². The molecule has 0 fully saturated rings. The van der Waals surface area contributed by atoms with Crippen LogP contribution in [0.25, 0.3) is 11.0 Å². The highest BCUT2D eigenvalue weighted by Gasteiger charge is 2.19. The van der Waals surface area contributed by atoms with Crippen molar-refractivity contribution in [2.45, 2.75) is 20.8 Å². The van der Waals surface area contributed by atoms with Gasteiger partial charge in [0.05, 0.1) is 5.56 Å². The fraction of sp³-hybridized carbons (Fsp3) is 0.176. The lowest BCUT2D eigenvalue weighted by Gasteiger charge is -2.05. The number of benzene rings is 1. The van der Waals surface area contributed by atoms with Gasteiger partial charge >= 0.3 is 5.91 Å². The molecule has 0 aliphatic heterocycles. The summed E-state index contributed by atoms with van der Waals surface area (Å²) in [5.74, 6) is 0.205. The van der Waals surface area contributed by atoms with Crippen LogP contribution in [0.2, 0.25) is 5.02 Å². The van der Waals surface area contributed by atoms with E-state index in [1.165, 1.54) is 0 Å². The number of hydrogen-bond donors (Lipinski definition) is 2. The highest BCUT2D eigenvalue weighted by Crippen LogP contribution is 2.27. The van der Waals surface area contributed by atoms with Crippen LogP contribution in [0, 0.1) is 20.8 Å². The fourth-order valence-corrected chi connectivity index (χ4v) is 2.68. The van der Waals surface area contributed by atoms with Crippen LogP contribution in [0.1, 0.15) is 38.0 Å². The summed E-state index contributed by atoms with van der Waals surface area (Å²) in [6, 6.07) is 6.70. The highest BCUT2D eigenvalue weighted by atomic mass is 35.5. The van der Waals surface area contributed by atoms with Gasteiger partial charge in [-0.05, 0) is 45.0 Å². The van der Waals surface area contributed by atoms with Crippen molar-refractivity contribution in [3.8, 4) is 0 Å². The molecule has 2 N–H and O–H groups in total. The van der Waals surface area contributed by atoms with E-state index in [-0.39, 0.29) is 5.76 Å². The summed E-state index contributed by atoms with van der Waals surface area (Å²) in [7, 11) is 0. The number of fused-ring (bicyclic) bond motifs is 1. The predicted octanol–water partition coefficient (Wildman–Crippen LogP) is 3.68. The Hall–Kier alpha value is -2.73. The molecular formula is C17H15ClN2O4. The number of nitrogens with one attached hydrogen (secondary N) is 2. The number of aryl methyl sites for hydroxylation is 3. The Morgan fingerprint density at radius 1 is 1.00 bits per heavy atom. The Balaban J connectivity index is 1.77. The maximum Gasteiger partial charge on any atom is 0.305 e. The van der Waals surface area contributed by atoms with Crippen LogP contribution >= 0.6 is 11.6 Å². The Morgan fingerprint density at radius 3 is 2.38 bits per heavy atom. The molecule has 3 aromatic rings. The molecule has 0 saturated carbocycles. The number of hydrazine groups is 1. The summed E-state index contributed by atoms with van der Waals surface area (Å²) in [5.41, 5.74) is 6.25. The fourth-order valence-electron chi connectivity index (χ4n) is 2.50. The molecule has 0 atom stereocenters. The molecule has 0 saturated heterocycles. The third-order valence-corrected chi connectivity index (χ3v) is 3.91. The summed E-state index contributed by atoms with van der Waals surface area (Å²) in [6.07, 6.45) is 0. The summed E-state index contributed by atoms with van der Waals surface area (Å²) >= 11 is 5.96. The first kappa shape index (κ1) is 16.1. The first-order valence-electron chi connectivity index (χ1n) is 7.23. The first-order valence-corrected chi connectivity index (χ1v) is 7.61. The van der Waals surface area contributed by atoms with Crippen molar-refractivity contribution in [1.82, 2.24) is 10.9 Å². The van der Waals surface area contributed by atoms with E-state index >= 15 is 0 Å². The van der Waals surface area contributed by atoms with Crippen LogP contribution in [-0.2, 0) is 0 Å². The molecule has 3 rings (SSSR count). The van der Waals surface area contributed by atoms with Gasteiger partial charge in [-0.1, -0.05) is 11.6 Å². The molecule has 2 aromatic heterocycles. The Bertz CT molecular complexity index is 955. The van der Waals surface area contributed by atoms with Gasteiger partial charge in [-0.25, -0.2) is 0 Å². The number of hydrogen-bond acceptors (Lipinski definition) is 4. The maximum absolute atomic E-state index is 12.3. The standard InChI is InChI=1S/C17H15ClN2O4/c1-8-6-13(10(3)23-8)16(21)19-20-17(22)15-9(2)12-7-11(18)4-5-14(12)24-15/h4-7H,1-3H3,(H,19,21)(H,20,22). The topological polar surface area (TPSA) is 84.5 Å². The van der Waals surface area contributed by atoms with E-state index < -0.39 is 11.8 Å². The van der Waals surface area contributed by atoms with Gasteiger partial charge in [0.2, 0.25) is 0 Å². The van der Waals surface area contributed by atoms with Crippen molar-refractivity contribution in [1.29, 1.82) is 0 Å². The van der Waals surface area contributed by atoms with Gasteiger partial charge < -0.3 is 8.83 Å². The van der Waals surface area contributed by atoms with Crippen molar-refractivity contribution in [3.63, 3.8) is 0 Å². The minimum atomic E-state index is -0.550. The molecule has 0 unspecified atom stereocenters. The molecule has 7 heteroatoms. The Labute approximate surface area is 142 Å². The van der Waals surface area contributed by atoms with Gasteiger partial charge in [0.15, 0.2) is 5.76 Å². The van der Waals surface area contributed by atoms with Crippen LogP contribution in [-0.4, -0.2) is 11.8 Å². The molecule has 124 valence electrons. The van der Waals surface area contributed by atoms with Gasteiger partial charge in [-0.3, -0.25) is 20.4 Å². The van der Waals surface area contributed by atoms with Gasteiger partial charge in [0.25, 0.3) is 5.91 Å². The molecule has 0 aliphatic rings. The average Bonchev–Trinajstić information content (AvgIpc) is 3.04. The molecule has 24 heavy (non-hydrogen) atoms. The van der Waals surface area contributed by atoms with E-state index in [4.69, 9.17) is 20.4 Å². The van der Waals surface area contributed by atoms with Crippen molar-refractivity contribution in [2.75, 3.05) is 0 Å². The van der Waals surface area contributed by atoms with E-state index in [0.717, 1.165) is 5.39 Å². The monoisotopic (exact) mass is 346 g/mol. The number of rotatable bonds is 2. The van der Waals surface area contributed by atoms with E-state index in [1.807, 2.05) is 0 Å². The van der Waals surface area contributed by atoms with Crippen LogP contribution in [0.4, 0.5) is 0 Å². The number of carbonyl (C=O) groups excluding carboxylic acids is 2. The van der Waals surface area contributed by atoms with Crippen LogP contribution in [0.3, 0.4) is 0 Å². The molecule has 0 bridgehead atoms. The second-order valence-electron chi connectivity index (χ2n) is 5.43. The Kier molecular flexibility index (Phi) is 4.07. The quantitative estimate of drug-likeness (QED) is 0.693. The summed E-state index contributed by atoms with van der Waals surface area (Å²) in [6.45, 7) is 5.17. The lowest BCUT2D eigenvalue weighted by Crippen LogP contribution is -2.41. The van der Waals surface area contributed by atoms with E-state index in [1.54, 1.807) is 45.0 Å². The van der Waals surface area contributed by atoms with Gasteiger partial charge in [0.1, 0.15) is 17.1 Å². The van der Waals surface area contributed by atoms with Crippen molar-refractivity contribution < 1.29 is 18.4 Å². The second kappa shape index (κ2) is 6.05. The molecular weight excluding hydrogens is 332 g/mol. The number of amides is 2. The molecule has 1 aromatic carbocycles. The van der Waals surface area contributed by atoms with Gasteiger partial charge in [-0.15, -0.1) is 0 Å². The smallest absolute Gasteiger partial charge is 0.305 e. The molecule has 0 spiro atoms. The molecule has 6 nitrogen and oxygen atoms in total. The third-order valence-electron chi connectivity index (χ3n) is 3.68. The maximum atomic E-state index is 12.3. The highest BCUT2D eigenvalue weighted by molar-refractivity contribution is 6.31. The zero-order valence-corrected chi connectivity index (χ0v) is 14.1. The minimum Gasteiger partial charge on any atom is -0.466 e. The van der Waals surface area contributed by atoms with Crippen LogP contribution in [0.15, 0.2) is 33.1 Å². The normalized spacial score (nSPS) is 10.8. The van der Waals surface area contributed by atoms with Gasteiger partial charge in [-0.2, -0.15) is 0 Å². The SMILES string of the molecule is Cc1cc(C(=O)NNC(=O)c2oc3ccc(Cl)cc3c2C)c(C)o1. The molecule has 0 radical (unpaired) electrons. The largest absolute Gasteiger partial charge is 0.466 e. The minimum absolute atomic E-state index is 0.118. The predicted molar refractivity (Wildman–Crippen MR) is 89.1 cm³/mol. The summed E-state index contributed by atoms with van der Waals surface area (Å²) in [5, 5.41) is 1.30. The summed E-state index contributed by atoms with van der Waals surface area (Å²) < 4.78 is 10.8. The van der Waals surface area contributed by atoms with Crippen molar-refractivity contribution in [3.05, 3.63) is 57.7 Å². The number of carbonyl (C=O) groups is 2. The Morgan fingerprint density at radius 2 is 1.71 bits per heavy atom. The number of furan rings is 2. The van der Waals surface area contributed by atoms with Crippen molar-refractivity contribution >= 4 is 34.4 Å². The zero-order valence-electron chi connectivity index (χ0n) is 13.3. The first-order chi connectivity index (χ1) is 11.4. The lowest BCUT2D eigenvalue weighted by atomic mass is 10.1. The average molecular weight is 347 g/mol. The lowest BCUT2D eigenvalue weighted by molar-refractivity contribution is 0.0830. The molecule has 0 aliphatic carbocycles. The molecule has 2 amide bonds. The third kappa shape index (κ3) is 2.88. The summed E-state index contributed by atoms with van der Waals surface area (Å²) in [4.78, 5) is 24.4. The number of halogens is 1. The van der Waals surface area contributed by atoms with Gasteiger partial charge in [0, 0.05) is 16.0 Å².